The number of nitrogens with zero attached hydrogens (tertiary/aromatic N) is 3. The van der Waals surface area contributed by atoms with Crippen molar-refractivity contribution in [3.8, 4) is 11.4 Å². The Bertz CT molecular complexity index is 993. The normalized spacial score (nSPS) is 10.8. The van der Waals surface area contributed by atoms with E-state index in [1.54, 1.807) is 30.5 Å². The third-order valence-electron chi connectivity index (χ3n) is 4.31. The number of aromatic nitrogens is 3. The minimum Gasteiger partial charge on any atom is -0.469 e. The van der Waals surface area contributed by atoms with E-state index in [-0.39, 0.29) is 18.0 Å². The van der Waals surface area contributed by atoms with Gasteiger partial charge in [0.1, 0.15) is 11.5 Å². The molecule has 0 N–H and O–H groups in total. The van der Waals surface area contributed by atoms with Crippen molar-refractivity contribution in [1.29, 1.82) is 0 Å². The molecule has 0 saturated heterocycles. The highest BCUT2D eigenvalue weighted by molar-refractivity contribution is 7.99. The van der Waals surface area contributed by atoms with Crippen LogP contribution < -0.4 is 0 Å². The second kappa shape index (κ2) is 8.88. The Morgan fingerprint density at radius 3 is 2.68 bits per heavy atom. The molecule has 0 aliphatic carbocycles. The van der Waals surface area contributed by atoms with Crippen LogP contribution in [0.15, 0.2) is 46.2 Å². The molecule has 146 valence electrons. The maximum atomic E-state index is 12.5. The van der Waals surface area contributed by atoms with Gasteiger partial charge in [-0.2, -0.15) is 0 Å². The van der Waals surface area contributed by atoms with E-state index in [2.05, 4.69) is 10.2 Å². The van der Waals surface area contributed by atoms with Crippen molar-refractivity contribution < 1.29 is 18.7 Å². The molecule has 0 amide bonds. The fraction of sp³-hybridized carbons (Fsp3) is 0.300. The van der Waals surface area contributed by atoms with Gasteiger partial charge in [-0.05, 0) is 31.5 Å². The standard InChI is InChI=1S/C20H21N3O4S/c1-4-23-18(16-9-10-27-13(16)2)21-22-20(23)28-12-15(24)11-14-7-5-6-8-17(14)19(25)26-3/h5-10H,4,11-12H2,1-3H3. The molecule has 0 unspecified atom stereocenters. The summed E-state index contributed by atoms with van der Waals surface area (Å²) in [6.07, 6.45) is 1.78. The highest BCUT2D eigenvalue weighted by Crippen LogP contribution is 2.27. The number of ether oxygens (including phenoxy) is 1. The quantitative estimate of drug-likeness (QED) is 0.423. The summed E-state index contributed by atoms with van der Waals surface area (Å²) in [4.78, 5) is 24.3. The lowest BCUT2D eigenvalue weighted by Crippen LogP contribution is -2.12. The van der Waals surface area contributed by atoms with Gasteiger partial charge in [0.05, 0.1) is 30.3 Å². The first kappa shape index (κ1) is 19.9. The topological polar surface area (TPSA) is 87.2 Å². The van der Waals surface area contributed by atoms with Gasteiger partial charge in [0.2, 0.25) is 0 Å². The molecule has 0 atom stereocenters. The van der Waals surface area contributed by atoms with Gasteiger partial charge in [-0.15, -0.1) is 10.2 Å². The summed E-state index contributed by atoms with van der Waals surface area (Å²) >= 11 is 1.34. The minimum atomic E-state index is -0.443. The number of Topliss-reactive ketones (excluding diaryl/α,β-unsaturated/α-hetero) is 1. The van der Waals surface area contributed by atoms with Gasteiger partial charge in [0.15, 0.2) is 11.0 Å². The lowest BCUT2D eigenvalue weighted by molar-refractivity contribution is -0.116. The second-order valence-corrected chi connectivity index (χ2v) is 7.04. The van der Waals surface area contributed by atoms with Crippen molar-refractivity contribution in [2.45, 2.75) is 32.0 Å². The first-order valence-corrected chi connectivity index (χ1v) is 9.82. The molecule has 0 aliphatic heterocycles. The third-order valence-corrected chi connectivity index (χ3v) is 5.33. The number of rotatable bonds is 8. The van der Waals surface area contributed by atoms with Gasteiger partial charge >= 0.3 is 5.97 Å². The van der Waals surface area contributed by atoms with Crippen LogP contribution in [0.5, 0.6) is 0 Å². The van der Waals surface area contributed by atoms with E-state index in [0.717, 1.165) is 17.1 Å². The molecule has 3 aromatic rings. The molecule has 1 aromatic carbocycles. The molecule has 2 heterocycles. The van der Waals surface area contributed by atoms with Gasteiger partial charge in [-0.25, -0.2) is 4.79 Å². The Hall–Kier alpha value is -2.87. The Balaban J connectivity index is 1.70. The largest absolute Gasteiger partial charge is 0.469 e. The molecule has 0 saturated carbocycles. The van der Waals surface area contributed by atoms with E-state index in [9.17, 15) is 9.59 Å². The van der Waals surface area contributed by atoms with Crippen LogP contribution in [0.3, 0.4) is 0 Å². The summed E-state index contributed by atoms with van der Waals surface area (Å²) in [5.74, 6) is 1.28. The summed E-state index contributed by atoms with van der Waals surface area (Å²) in [6, 6.07) is 8.83. The van der Waals surface area contributed by atoms with Crippen LogP contribution in [-0.4, -0.2) is 39.4 Å². The Morgan fingerprint density at radius 1 is 1.21 bits per heavy atom. The minimum absolute atomic E-state index is 0.00644. The number of carbonyl (C=O) groups excluding carboxylic acids is 2. The first-order valence-electron chi connectivity index (χ1n) is 8.83. The molecule has 2 aromatic heterocycles. The van der Waals surface area contributed by atoms with E-state index in [1.807, 2.05) is 24.5 Å². The first-order chi connectivity index (χ1) is 13.5. The molecule has 3 rings (SSSR count). The van der Waals surface area contributed by atoms with E-state index < -0.39 is 5.97 Å². The number of furan rings is 1. The summed E-state index contributed by atoms with van der Waals surface area (Å²) in [6.45, 7) is 4.55. The number of aryl methyl sites for hydroxylation is 1. The summed E-state index contributed by atoms with van der Waals surface area (Å²) in [7, 11) is 1.33. The fourth-order valence-corrected chi connectivity index (χ4v) is 3.75. The summed E-state index contributed by atoms with van der Waals surface area (Å²) in [5.41, 5.74) is 1.96. The van der Waals surface area contributed by atoms with Gasteiger partial charge in [0.25, 0.3) is 0 Å². The smallest absolute Gasteiger partial charge is 0.338 e. The monoisotopic (exact) mass is 399 g/mol. The van der Waals surface area contributed by atoms with Gasteiger partial charge in [0, 0.05) is 13.0 Å². The molecule has 0 bridgehead atoms. The van der Waals surface area contributed by atoms with Crippen molar-refractivity contribution in [2.24, 2.45) is 0 Å². The van der Waals surface area contributed by atoms with Crippen LogP contribution in [-0.2, 0) is 22.5 Å². The zero-order chi connectivity index (χ0) is 20.1. The van der Waals surface area contributed by atoms with E-state index in [0.29, 0.717) is 22.8 Å². The highest BCUT2D eigenvalue weighted by Gasteiger charge is 2.18. The van der Waals surface area contributed by atoms with Crippen LogP contribution in [0.4, 0.5) is 0 Å². The van der Waals surface area contributed by atoms with Crippen molar-refractivity contribution in [2.75, 3.05) is 12.9 Å². The average molecular weight is 399 g/mol. The molecule has 0 radical (unpaired) electrons. The Morgan fingerprint density at radius 2 is 2.00 bits per heavy atom. The Kier molecular flexibility index (Phi) is 6.30. The number of esters is 1. The number of benzene rings is 1. The van der Waals surface area contributed by atoms with Crippen molar-refractivity contribution in [1.82, 2.24) is 14.8 Å². The lowest BCUT2D eigenvalue weighted by Gasteiger charge is -2.08. The zero-order valence-electron chi connectivity index (χ0n) is 16.0. The number of thioether (sulfide) groups is 1. The molecule has 8 heteroatoms. The number of methoxy groups -OCH3 is 1. The molecule has 0 aliphatic rings. The van der Waals surface area contributed by atoms with E-state index in [1.165, 1.54) is 18.9 Å². The second-order valence-electron chi connectivity index (χ2n) is 6.09. The predicted molar refractivity (Wildman–Crippen MR) is 105 cm³/mol. The SMILES string of the molecule is CCn1c(SCC(=O)Cc2ccccc2C(=O)OC)nnc1-c1ccoc1C. The lowest BCUT2D eigenvalue weighted by atomic mass is 10.0. The van der Waals surface area contributed by atoms with Crippen LogP contribution in [0.25, 0.3) is 11.4 Å². The molecule has 28 heavy (non-hydrogen) atoms. The van der Waals surface area contributed by atoms with Crippen LogP contribution in [0.1, 0.15) is 28.6 Å². The van der Waals surface area contributed by atoms with Crippen molar-refractivity contribution >= 4 is 23.5 Å². The number of hydrogen-bond acceptors (Lipinski definition) is 7. The van der Waals surface area contributed by atoms with E-state index in [4.69, 9.17) is 9.15 Å². The van der Waals surface area contributed by atoms with E-state index >= 15 is 0 Å². The number of ketones is 1. The van der Waals surface area contributed by atoms with Gasteiger partial charge in [-0.3, -0.25) is 4.79 Å². The summed E-state index contributed by atoms with van der Waals surface area (Å²) in [5, 5.41) is 9.16. The van der Waals surface area contributed by atoms with Crippen LogP contribution in [0.2, 0.25) is 0 Å². The highest BCUT2D eigenvalue weighted by atomic mass is 32.2. The molecular weight excluding hydrogens is 378 g/mol. The van der Waals surface area contributed by atoms with Gasteiger partial charge < -0.3 is 13.7 Å². The predicted octanol–water partition coefficient (Wildman–Crippen LogP) is 3.56. The molecule has 0 spiro atoms. The van der Waals surface area contributed by atoms with Crippen molar-refractivity contribution in [3.63, 3.8) is 0 Å². The maximum Gasteiger partial charge on any atom is 0.338 e. The molecular formula is C20H21N3O4S. The average Bonchev–Trinajstić information content (AvgIpc) is 3.31. The zero-order valence-corrected chi connectivity index (χ0v) is 16.8. The third kappa shape index (κ3) is 4.17. The van der Waals surface area contributed by atoms with Crippen molar-refractivity contribution in [3.05, 3.63) is 53.5 Å². The molecule has 7 nitrogen and oxygen atoms in total. The molecule has 0 fully saturated rings. The van der Waals surface area contributed by atoms with Gasteiger partial charge in [-0.1, -0.05) is 30.0 Å². The van der Waals surface area contributed by atoms with Crippen LogP contribution >= 0.6 is 11.8 Å². The Labute approximate surface area is 167 Å². The maximum absolute atomic E-state index is 12.5. The summed E-state index contributed by atoms with van der Waals surface area (Å²) < 4.78 is 12.1. The van der Waals surface area contributed by atoms with Crippen LogP contribution in [0, 0.1) is 6.92 Å². The number of hydrogen-bond donors (Lipinski definition) is 0. The number of carbonyl (C=O) groups is 2. The fourth-order valence-electron chi connectivity index (χ4n) is 2.89.